The van der Waals surface area contributed by atoms with E-state index in [4.69, 9.17) is 9.47 Å². The monoisotopic (exact) mass is 521 g/mol. The summed E-state index contributed by atoms with van der Waals surface area (Å²) in [4.78, 5) is 20.0. The van der Waals surface area contributed by atoms with E-state index in [2.05, 4.69) is 46.8 Å². The lowest BCUT2D eigenvalue weighted by Crippen LogP contribution is -2.27. The van der Waals surface area contributed by atoms with Gasteiger partial charge in [0, 0.05) is 23.3 Å². The highest BCUT2D eigenvalue weighted by atomic mass is 79.9. The molecule has 0 saturated carbocycles. The van der Waals surface area contributed by atoms with Gasteiger partial charge in [-0.25, -0.2) is 14.5 Å². The highest BCUT2D eigenvalue weighted by Gasteiger charge is 2.18. The fourth-order valence-corrected chi connectivity index (χ4v) is 3.15. The van der Waals surface area contributed by atoms with Crippen LogP contribution in [0.3, 0.4) is 0 Å². The molecule has 12 heteroatoms. The van der Waals surface area contributed by atoms with Crippen molar-refractivity contribution in [1.82, 2.24) is 25.0 Å². The Labute approximate surface area is 199 Å². The number of aryl methyl sites for hydroxylation is 1. The first-order valence-corrected chi connectivity index (χ1v) is 10.9. The maximum atomic E-state index is 14.0. The minimum atomic E-state index is -0.601. The molecule has 3 heterocycles. The minimum Gasteiger partial charge on any atom is -0.444 e. The Morgan fingerprint density at radius 2 is 2.03 bits per heavy atom. The largest absolute Gasteiger partial charge is 0.444 e. The van der Waals surface area contributed by atoms with E-state index in [1.807, 2.05) is 0 Å². The molecule has 3 aromatic heterocycles. The average molecular weight is 522 g/mol. The van der Waals surface area contributed by atoms with Gasteiger partial charge in [0.05, 0.1) is 23.7 Å². The van der Waals surface area contributed by atoms with Gasteiger partial charge in [0.1, 0.15) is 12.3 Å². The Bertz CT molecular complexity index is 1120. The van der Waals surface area contributed by atoms with E-state index in [-0.39, 0.29) is 6.73 Å². The summed E-state index contributed by atoms with van der Waals surface area (Å²) in [6.45, 7) is 7.15. The lowest BCUT2D eigenvalue weighted by atomic mass is 10.2. The second-order valence-electron chi connectivity index (χ2n) is 8.13. The molecule has 33 heavy (non-hydrogen) atoms. The van der Waals surface area contributed by atoms with Crippen LogP contribution in [-0.2, 0) is 16.5 Å². The lowest BCUT2D eigenvalue weighted by molar-refractivity contribution is 0.0635. The predicted octanol–water partition coefficient (Wildman–Crippen LogP) is 4.67. The van der Waals surface area contributed by atoms with Crippen LogP contribution in [0.5, 0.6) is 0 Å². The molecular formula is C21H25BrFN7O3. The molecule has 0 radical (unpaired) electrons. The smallest absolute Gasteiger partial charge is 0.412 e. The molecule has 1 amide bonds. The van der Waals surface area contributed by atoms with Crippen molar-refractivity contribution < 1.29 is 18.7 Å². The second kappa shape index (κ2) is 10.2. The van der Waals surface area contributed by atoms with Crippen molar-refractivity contribution in [3.8, 4) is 11.4 Å². The molecule has 0 spiro atoms. The summed E-state index contributed by atoms with van der Waals surface area (Å²) in [5.74, 6) is -0.0201. The van der Waals surface area contributed by atoms with Gasteiger partial charge >= 0.3 is 6.09 Å². The van der Waals surface area contributed by atoms with Crippen molar-refractivity contribution >= 4 is 33.5 Å². The third-order valence-electron chi connectivity index (χ3n) is 4.32. The number of rotatable bonds is 7. The number of carbonyl (C=O) groups excluding carboxylic acids is 1. The first-order chi connectivity index (χ1) is 15.5. The van der Waals surface area contributed by atoms with Gasteiger partial charge in [0.15, 0.2) is 11.5 Å². The summed E-state index contributed by atoms with van der Waals surface area (Å²) in [5, 5.41) is 13.9. The van der Waals surface area contributed by atoms with E-state index in [0.717, 1.165) is 0 Å². The molecular weight excluding hydrogens is 497 g/mol. The number of aromatic nitrogens is 5. The molecule has 176 valence electrons. The maximum absolute atomic E-state index is 14.0. The predicted molar refractivity (Wildman–Crippen MR) is 124 cm³/mol. The van der Waals surface area contributed by atoms with Crippen LogP contribution in [0.2, 0.25) is 0 Å². The SMILES string of the molecule is CC(OCNc1c(-c2ccc(NC(=O)OC(C)(C)C)cn2)nnn1C)c1cc(Br)cnc1F. The fraction of sp³-hybridized carbons (Fsp3) is 0.381. The highest BCUT2D eigenvalue weighted by molar-refractivity contribution is 9.10. The summed E-state index contributed by atoms with van der Waals surface area (Å²) in [6.07, 6.45) is 1.78. The molecule has 3 aromatic rings. The Balaban J connectivity index is 1.64. The summed E-state index contributed by atoms with van der Waals surface area (Å²) in [6, 6.07) is 5.01. The van der Waals surface area contributed by atoms with Crippen LogP contribution in [0.4, 0.5) is 20.7 Å². The number of hydrogen-bond donors (Lipinski definition) is 2. The zero-order chi connectivity index (χ0) is 24.2. The number of halogens is 2. The molecule has 1 atom stereocenters. The van der Waals surface area contributed by atoms with Crippen LogP contribution < -0.4 is 10.6 Å². The first-order valence-electron chi connectivity index (χ1n) is 10.1. The first kappa shape index (κ1) is 24.5. The Hall–Kier alpha value is -3.12. The molecule has 0 bridgehead atoms. The molecule has 0 fully saturated rings. The quantitative estimate of drug-likeness (QED) is 0.340. The number of anilines is 2. The van der Waals surface area contributed by atoms with E-state index in [1.54, 1.807) is 57.6 Å². The lowest BCUT2D eigenvalue weighted by Gasteiger charge is -2.19. The zero-order valence-electron chi connectivity index (χ0n) is 18.9. The zero-order valence-corrected chi connectivity index (χ0v) is 20.5. The molecule has 0 aliphatic rings. The number of carbonyl (C=O) groups is 1. The summed E-state index contributed by atoms with van der Waals surface area (Å²) < 4.78 is 27.1. The Morgan fingerprint density at radius 3 is 2.70 bits per heavy atom. The van der Waals surface area contributed by atoms with E-state index in [1.165, 1.54) is 12.4 Å². The molecule has 0 saturated heterocycles. The van der Waals surface area contributed by atoms with Gasteiger partial charge in [0.25, 0.3) is 0 Å². The number of hydrogen-bond acceptors (Lipinski definition) is 8. The number of nitrogens with zero attached hydrogens (tertiary/aromatic N) is 5. The van der Waals surface area contributed by atoms with Gasteiger partial charge in [-0.2, -0.15) is 4.39 Å². The standard InChI is InChI=1S/C21H25BrFN7O3/c1-12(15-8-13(22)9-25-18(15)23)32-11-26-19-17(28-29-30(19)5)16-7-6-14(10-24-16)27-20(31)33-21(2,3)4/h6-10,12,26H,11H2,1-5H3,(H,27,31). The van der Waals surface area contributed by atoms with E-state index in [0.29, 0.717) is 32.9 Å². The number of ether oxygens (including phenoxy) is 2. The van der Waals surface area contributed by atoms with Gasteiger partial charge in [0.2, 0.25) is 5.95 Å². The molecule has 1 unspecified atom stereocenters. The van der Waals surface area contributed by atoms with Gasteiger partial charge in [-0.3, -0.25) is 10.3 Å². The molecule has 0 aromatic carbocycles. The van der Waals surface area contributed by atoms with Crippen LogP contribution >= 0.6 is 15.9 Å². The van der Waals surface area contributed by atoms with Crippen molar-refractivity contribution in [1.29, 1.82) is 0 Å². The van der Waals surface area contributed by atoms with Crippen LogP contribution in [0.15, 0.2) is 35.1 Å². The second-order valence-corrected chi connectivity index (χ2v) is 9.05. The third kappa shape index (κ3) is 6.68. The van der Waals surface area contributed by atoms with E-state index in [9.17, 15) is 9.18 Å². The Kier molecular flexibility index (Phi) is 7.59. The van der Waals surface area contributed by atoms with Crippen molar-refractivity contribution in [2.75, 3.05) is 17.4 Å². The number of pyridine rings is 2. The third-order valence-corrected chi connectivity index (χ3v) is 4.76. The van der Waals surface area contributed by atoms with Crippen molar-refractivity contribution in [2.24, 2.45) is 7.05 Å². The molecule has 0 aliphatic carbocycles. The van der Waals surface area contributed by atoms with Gasteiger partial charge in [-0.15, -0.1) is 5.10 Å². The van der Waals surface area contributed by atoms with Crippen molar-refractivity contribution in [2.45, 2.75) is 39.4 Å². The summed E-state index contributed by atoms with van der Waals surface area (Å²) >= 11 is 3.28. The number of amides is 1. The normalized spacial score (nSPS) is 12.3. The molecule has 3 rings (SSSR count). The van der Waals surface area contributed by atoms with E-state index >= 15 is 0 Å². The molecule has 2 N–H and O–H groups in total. The van der Waals surface area contributed by atoms with Crippen LogP contribution in [0.25, 0.3) is 11.4 Å². The number of nitrogens with one attached hydrogen (secondary N) is 2. The van der Waals surface area contributed by atoms with Crippen molar-refractivity contribution in [3.05, 3.63) is 46.6 Å². The minimum absolute atomic E-state index is 0.0691. The van der Waals surface area contributed by atoms with Crippen LogP contribution in [0.1, 0.15) is 39.4 Å². The average Bonchev–Trinajstić information content (AvgIpc) is 3.09. The van der Waals surface area contributed by atoms with Crippen molar-refractivity contribution in [3.63, 3.8) is 0 Å². The summed E-state index contributed by atoms with van der Waals surface area (Å²) in [5.41, 5.74) is 1.25. The van der Waals surface area contributed by atoms with Crippen LogP contribution in [-0.4, -0.2) is 43.4 Å². The van der Waals surface area contributed by atoms with Gasteiger partial charge in [-0.05, 0) is 61.8 Å². The molecule has 0 aliphatic heterocycles. The maximum Gasteiger partial charge on any atom is 0.412 e. The van der Waals surface area contributed by atoms with Crippen LogP contribution in [0, 0.1) is 5.95 Å². The van der Waals surface area contributed by atoms with E-state index < -0.39 is 23.7 Å². The topological polar surface area (TPSA) is 116 Å². The Morgan fingerprint density at radius 1 is 1.27 bits per heavy atom. The van der Waals surface area contributed by atoms with Gasteiger partial charge < -0.3 is 14.8 Å². The molecule has 10 nitrogen and oxygen atoms in total. The highest BCUT2D eigenvalue weighted by Crippen LogP contribution is 2.26. The summed E-state index contributed by atoms with van der Waals surface area (Å²) in [7, 11) is 1.72. The fourth-order valence-electron chi connectivity index (χ4n) is 2.81. The van der Waals surface area contributed by atoms with Gasteiger partial charge in [-0.1, -0.05) is 5.21 Å².